The molecule has 0 amide bonds. The van der Waals surface area contributed by atoms with E-state index in [0.717, 1.165) is 17.5 Å². The topological polar surface area (TPSA) is 65.0 Å². The van der Waals surface area contributed by atoms with Crippen LogP contribution in [0.1, 0.15) is 17.5 Å². The van der Waals surface area contributed by atoms with Gasteiger partial charge in [0.2, 0.25) is 0 Å². The summed E-state index contributed by atoms with van der Waals surface area (Å²) in [4.78, 5) is 10.8. The van der Waals surface area contributed by atoms with Crippen LogP contribution in [0.5, 0.6) is 0 Å². The molecular weight excluding hydrogens is 260 g/mol. The highest BCUT2D eigenvalue weighted by Crippen LogP contribution is 2.11. The van der Waals surface area contributed by atoms with Crippen molar-refractivity contribution < 1.29 is 24.1 Å². The minimum absolute atomic E-state index is 0.0209. The van der Waals surface area contributed by atoms with Gasteiger partial charge < -0.3 is 19.3 Å². The predicted molar refractivity (Wildman–Crippen MR) is 74.7 cm³/mol. The Bertz CT molecular complexity index is 392. The fraction of sp³-hybridized carbons (Fsp3) is 0.533. The number of carboxylic acid groups (broad SMARTS) is 1. The third-order valence-corrected chi connectivity index (χ3v) is 2.73. The van der Waals surface area contributed by atoms with Gasteiger partial charge in [0.05, 0.1) is 26.2 Å². The third kappa shape index (κ3) is 7.23. The lowest BCUT2D eigenvalue weighted by Gasteiger charge is -2.09. The third-order valence-electron chi connectivity index (χ3n) is 2.73. The van der Waals surface area contributed by atoms with Crippen LogP contribution < -0.4 is 0 Å². The van der Waals surface area contributed by atoms with Crippen molar-refractivity contribution in [2.24, 2.45) is 0 Å². The predicted octanol–water partition coefficient (Wildman–Crippen LogP) is 1.88. The standard InChI is InChI=1S/C15H22O5/c1-18-7-4-8-19-9-10-20-12-14-6-3-2-5-13(14)11-15(16)17/h2-3,5-6H,4,7-12H2,1H3,(H,16,17). The van der Waals surface area contributed by atoms with Crippen molar-refractivity contribution in [3.05, 3.63) is 35.4 Å². The zero-order valence-electron chi connectivity index (χ0n) is 11.8. The molecule has 1 rings (SSSR count). The highest BCUT2D eigenvalue weighted by Gasteiger charge is 2.06. The SMILES string of the molecule is COCCCOCCOCc1ccccc1CC(=O)O. The Morgan fingerprint density at radius 1 is 1.05 bits per heavy atom. The van der Waals surface area contributed by atoms with Gasteiger partial charge in [-0.05, 0) is 17.5 Å². The van der Waals surface area contributed by atoms with E-state index in [0.29, 0.717) is 33.0 Å². The van der Waals surface area contributed by atoms with Crippen molar-refractivity contribution in [3.8, 4) is 0 Å². The fourth-order valence-corrected chi connectivity index (χ4v) is 1.74. The lowest BCUT2D eigenvalue weighted by Crippen LogP contribution is -2.08. The summed E-state index contributed by atoms with van der Waals surface area (Å²) in [5, 5.41) is 8.83. The number of benzene rings is 1. The van der Waals surface area contributed by atoms with E-state index in [2.05, 4.69) is 0 Å². The molecule has 5 nitrogen and oxygen atoms in total. The van der Waals surface area contributed by atoms with Gasteiger partial charge in [0, 0.05) is 20.3 Å². The van der Waals surface area contributed by atoms with Crippen LogP contribution >= 0.6 is 0 Å². The van der Waals surface area contributed by atoms with Crippen LogP contribution in [0.2, 0.25) is 0 Å². The van der Waals surface area contributed by atoms with E-state index in [9.17, 15) is 4.79 Å². The molecule has 0 radical (unpaired) electrons. The smallest absolute Gasteiger partial charge is 0.307 e. The average Bonchev–Trinajstić information content (AvgIpc) is 2.43. The molecule has 5 heteroatoms. The molecule has 0 saturated carbocycles. The van der Waals surface area contributed by atoms with Crippen LogP contribution in [0.3, 0.4) is 0 Å². The van der Waals surface area contributed by atoms with Crippen molar-refractivity contribution in [3.63, 3.8) is 0 Å². The summed E-state index contributed by atoms with van der Waals surface area (Å²) in [6.07, 6.45) is 0.894. The van der Waals surface area contributed by atoms with Crippen LogP contribution in [0.25, 0.3) is 0 Å². The summed E-state index contributed by atoms with van der Waals surface area (Å²) in [5.41, 5.74) is 1.70. The second-order valence-corrected chi connectivity index (χ2v) is 4.35. The van der Waals surface area contributed by atoms with Gasteiger partial charge in [-0.1, -0.05) is 24.3 Å². The molecule has 112 valence electrons. The highest BCUT2D eigenvalue weighted by molar-refractivity contribution is 5.70. The molecule has 1 aromatic rings. The fourth-order valence-electron chi connectivity index (χ4n) is 1.74. The summed E-state index contributed by atoms with van der Waals surface area (Å²) in [5.74, 6) is -0.834. The zero-order chi connectivity index (χ0) is 14.6. The van der Waals surface area contributed by atoms with E-state index >= 15 is 0 Å². The summed E-state index contributed by atoms with van der Waals surface area (Å²) >= 11 is 0. The summed E-state index contributed by atoms with van der Waals surface area (Å²) < 4.78 is 15.8. The molecule has 1 aromatic carbocycles. The Morgan fingerprint density at radius 3 is 2.45 bits per heavy atom. The normalized spacial score (nSPS) is 10.7. The number of methoxy groups -OCH3 is 1. The molecule has 0 aliphatic rings. The van der Waals surface area contributed by atoms with E-state index in [1.54, 1.807) is 7.11 Å². The van der Waals surface area contributed by atoms with Gasteiger partial charge in [-0.2, -0.15) is 0 Å². The largest absolute Gasteiger partial charge is 0.481 e. The van der Waals surface area contributed by atoms with E-state index in [4.69, 9.17) is 19.3 Å². The first-order valence-corrected chi connectivity index (χ1v) is 6.67. The van der Waals surface area contributed by atoms with Gasteiger partial charge in [0.25, 0.3) is 0 Å². The zero-order valence-corrected chi connectivity index (χ0v) is 11.8. The first-order valence-electron chi connectivity index (χ1n) is 6.67. The first kappa shape index (κ1) is 16.6. The Morgan fingerprint density at radius 2 is 1.75 bits per heavy atom. The second kappa shape index (κ2) is 10.4. The molecule has 0 unspecified atom stereocenters. The summed E-state index contributed by atoms with van der Waals surface area (Å²) in [6.45, 7) is 2.79. The maximum Gasteiger partial charge on any atom is 0.307 e. The molecule has 20 heavy (non-hydrogen) atoms. The quantitative estimate of drug-likeness (QED) is 0.628. The van der Waals surface area contributed by atoms with E-state index < -0.39 is 5.97 Å². The number of aliphatic carboxylic acids is 1. The van der Waals surface area contributed by atoms with E-state index in [1.807, 2.05) is 24.3 Å². The average molecular weight is 282 g/mol. The van der Waals surface area contributed by atoms with Crippen LogP contribution in [-0.4, -0.2) is 44.6 Å². The van der Waals surface area contributed by atoms with Gasteiger partial charge in [-0.3, -0.25) is 4.79 Å². The van der Waals surface area contributed by atoms with Gasteiger partial charge in [0.15, 0.2) is 0 Å². The van der Waals surface area contributed by atoms with E-state index in [1.165, 1.54) is 0 Å². The molecule has 0 aliphatic carbocycles. The van der Waals surface area contributed by atoms with Crippen LogP contribution in [0.4, 0.5) is 0 Å². The van der Waals surface area contributed by atoms with Gasteiger partial charge in [-0.25, -0.2) is 0 Å². The monoisotopic (exact) mass is 282 g/mol. The minimum atomic E-state index is -0.834. The molecule has 1 N–H and O–H groups in total. The maximum atomic E-state index is 10.8. The molecule has 0 fully saturated rings. The van der Waals surface area contributed by atoms with E-state index in [-0.39, 0.29) is 6.42 Å². The van der Waals surface area contributed by atoms with Crippen LogP contribution in [0, 0.1) is 0 Å². The molecule has 0 aliphatic heterocycles. The van der Waals surface area contributed by atoms with Crippen LogP contribution in [-0.2, 0) is 32.0 Å². The molecule has 0 spiro atoms. The molecule has 0 heterocycles. The molecule has 0 saturated heterocycles. The first-order chi connectivity index (χ1) is 9.74. The summed E-state index contributed by atoms with van der Waals surface area (Å²) in [7, 11) is 1.66. The molecule has 0 atom stereocenters. The minimum Gasteiger partial charge on any atom is -0.481 e. The Kier molecular flexibility index (Phi) is 8.62. The number of carboxylic acids is 1. The number of hydrogen-bond acceptors (Lipinski definition) is 4. The number of hydrogen-bond donors (Lipinski definition) is 1. The lowest BCUT2D eigenvalue weighted by molar-refractivity contribution is -0.136. The van der Waals surface area contributed by atoms with Gasteiger partial charge >= 0.3 is 5.97 Å². The lowest BCUT2D eigenvalue weighted by atomic mass is 10.1. The van der Waals surface area contributed by atoms with Gasteiger partial charge in [0.1, 0.15) is 0 Å². The molecule has 0 bridgehead atoms. The maximum absolute atomic E-state index is 10.8. The number of carbonyl (C=O) groups is 1. The van der Waals surface area contributed by atoms with Crippen molar-refractivity contribution in [2.45, 2.75) is 19.4 Å². The molecule has 0 aromatic heterocycles. The number of ether oxygens (including phenoxy) is 3. The Labute approximate surface area is 119 Å². The van der Waals surface area contributed by atoms with Crippen molar-refractivity contribution >= 4 is 5.97 Å². The second-order valence-electron chi connectivity index (χ2n) is 4.35. The van der Waals surface area contributed by atoms with Crippen molar-refractivity contribution in [1.82, 2.24) is 0 Å². The Balaban J connectivity index is 2.20. The molecular formula is C15H22O5. The Hall–Kier alpha value is -1.43. The van der Waals surface area contributed by atoms with Crippen LogP contribution in [0.15, 0.2) is 24.3 Å². The number of rotatable bonds is 11. The highest BCUT2D eigenvalue weighted by atomic mass is 16.5. The van der Waals surface area contributed by atoms with Crippen molar-refractivity contribution in [1.29, 1.82) is 0 Å². The van der Waals surface area contributed by atoms with Crippen molar-refractivity contribution in [2.75, 3.05) is 33.5 Å². The van der Waals surface area contributed by atoms with Gasteiger partial charge in [-0.15, -0.1) is 0 Å². The summed E-state index contributed by atoms with van der Waals surface area (Å²) in [6, 6.07) is 7.41.